The lowest BCUT2D eigenvalue weighted by molar-refractivity contribution is 0.775. The zero-order valence-corrected chi connectivity index (χ0v) is 14.3. The van der Waals surface area contributed by atoms with Gasteiger partial charge in [-0.15, -0.1) is 11.3 Å². The molecule has 0 aliphatic carbocycles. The number of aromatic amines is 1. The number of nitrogens with zero attached hydrogens (tertiary/aromatic N) is 5. The standard InChI is InChI=1S/C16H13ClN6S/c1-23-13(6-7-20-23)16-21-12(8-10-2-4-11(17)5-3-10)14(24-16)15-18-9-19-22-15/h2-7,9H,8H2,1H3,(H,18,19,22). The van der Waals surface area contributed by atoms with Gasteiger partial charge in [0.2, 0.25) is 0 Å². The molecule has 0 aliphatic heterocycles. The second kappa shape index (κ2) is 6.18. The van der Waals surface area contributed by atoms with Gasteiger partial charge in [0.15, 0.2) is 5.82 Å². The highest BCUT2D eigenvalue weighted by Gasteiger charge is 2.18. The molecule has 0 saturated carbocycles. The first-order valence-corrected chi connectivity index (χ1v) is 8.48. The smallest absolute Gasteiger partial charge is 0.167 e. The van der Waals surface area contributed by atoms with Crippen molar-refractivity contribution in [1.82, 2.24) is 29.9 Å². The average Bonchev–Trinajstić information content (AvgIpc) is 3.30. The molecule has 0 atom stereocenters. The minimum absolute atomic E-state index is 0.696. The Hall–Kier alpha value is -2.51. The summed E-state index contributed by atoms with van der Waals surface area (Å²) in [5.74, 6) is 0.727. The highest BCUT2D eigenvalue weighted by molar-refractivity contribution is 7.18. The van der Waals surface area contributed by atoms with Gasteiger partial charge in [-0.2, -0.15) is 10.2 Å². The molecule has 3 aromatic heterocycles. The van der Waals surface area contributed by atoms with Crippen LogP contribution >= 0.6 is 22.9 Å². The molecule has 1 N–H and O–H groups in total. The second-order valence-electron chi connectivity index (χ2n) is 5.27. The Morgan fingerprint density at radius 3 is 2.71 bits per heavy atom. The zero-order valence-electron chi connectivity index (χ0n) is 12.8. The number of H-pyrrole nitrogens is 1. The van der Waals surface area contributed by atoms with Crippen LogP contribution in [0.4, 0.5) is 0 Å². The van der Waals surface area contributed by atoms with E-state index in [-0.39, 0.29) is 0 Å². The van der Waals surface area contributed by atoms with Crippen LogP contribution in [0.1, 0.15) is 11.3 Å². The lowest BCUT2D eigenvalue weighted by Gasteiger charge is -2.01. The van der Waals surface area contributed by atoms with Crippen molar-refractivity contribution in [2.45, 2.75) is 6.42 Å². The van der Waals surface area contributed by atoms with Crippen LogP contribution in [0.15, 0.2) is 42.9 Å². The van der Waals surface area contributed by atoms with E-state index in [1.165, 1.54) is 6.33 Å². The second-order valence-corrected chi connectivity index (χ2v) is 6.71. The zero-order chi connectivity index (χ0) is 16.5. The first kappa shape index (κ1) is 15.0. The van der Waals surface area contributed by atoms with Gasteiger partial charge in [-0.3, -0.25) is 9.78 Å². The van der Waals surface area contributed by atoms with Crippen molar-refractivity contribution in [2.75, 3.05) is 0 Å². The van der Waals surface area contributed by atoms with Crippen LogP contribution in [0.5, 0.6) is 0 Å². The molecule has 0 aliphatic rings. The molecule has 120 valence electrons. The number of benzene rings is 1. The molecule has 6 nitrogen and oxygen atoms in total. The fourth-order valence-corrected chi connectivity index (χ4v) is 3.67. The molecule has 4 aromatic rings. The van der Waals surface area contributed by atoms with Gasteiger partial charge in [0.25, 0.3) is 0 Å². The maximum Gasteiger partial charge on any atom is 0.167 e. The van der Waals surface area contributed by atoms with E-state index in [9.17, 15) is 0 Å². The average molecular weight is 357 g/mol. The Morgan fingerprint density at radius 1 is 1.21 bits per heavy atom. The first-order chi connectivity index (χ1) is 11.7. The molecule has 24 heavy (non-hydrogen) atoms. The molecule has 0 saturated heterocycles. The van der Waals surface area contributed by atoms with Crippen LogP contribution in [0, 0.1) is 0 Å². The Bertz CT molecular complexity index is 955. The predicted molar refractivity (Wildman–Crippen MR) is 94.0 cm³/mol. The van der Waals surface area contributed by atoms with Crippen LogP contribution in [0.25, 0.3) is 21.4 Å². The van der Waals surface area contributed by atoms with E-state index in [0.29, 0.717) is 6.42 Å². The van der Waals surface area contributed by atoms with E-state index in [0.717, 1.165) is 37.7 Å². The predicted octanol–water partition coefficient (Wildman–Crippen LogP) is 3.57. The van der Waals surface area contributed by atoms with Crippen molar-refractivity contribution in [3.63, 3.8) is 0 Å². The number of hydrogen-bond acceptors (Lipinski definition) is 5. The maximum absolute atomic E-state index is 5.97. The van der Waals surface area contributed by atoms with E-state index in [1.54, 1.807) is 17.5 Å². The highest BCUT2D eigenvalue weighted by Crippen LogP contribution is 2.34. The minimum Gasteiger partial charge on any atom is -0.266 e. The Labute approximate surface area is 147 Å². The molecule has 4 rings (SSSR count). The lowest BCUT2D eigenvalue weighted by Crippen LogP contribution is -1.94. The normalized spacial score (nSPS) is 11.1. The van der Waals surface area contributed by atoms with Gasteiger partial charge in [-0.05, 0) is 23.8 Å². The number of hydrogen-bond donors (Lipinski definition) is 1. The summed E-state index contributed by atoms with van der Waals surface area (Å²) in [6, 6.07) is 9.75. The fourth-order valence-electron chi connectivity index (χ4n) is 2.46. The summed E-state index contributed by atoms with van der Waals surface area (Å²) in [4.78, 5) is 10.1. The quantitative estimate of drug-likeness (QED) is 0.606. The summed E-state index contributed by atoms with van der Waals surface area (Å²) in [5.41, 5.74) is 3.07. The molecular weight excluding hydrogens is 344 g/mol. The van der Waals surface area contributed by atoms with Gasteiger partial charge >= 0.3 is 0 Å². The molecule has 8 heteroatoms. The molecule has 0 bridgehead atoms. The van der Waals surface area contributed by atoms with Crippen LogP contribution in [-0.4, -0.2) is 29.9 Å². The molecule has 3 heterocycles. The monoisotopic (exact) mass is 356 g/mol. The number of aryl methyl sites for hydroxylation is 1. The lowest BCUT2D eigenvalue weighted by atomic mass is 10.1. The number of thiazole rings is 1. The topological polar surface area (TPSA) is 72.3 Å². The molecule has 0 spiro atoms. The van der Waals surface area contributed by atoms with Gasteiger partial charge < -0.3 is 0 Å². The third-order valence-electron chi connectivity index (χ3n) is 3.65. The number of aromatic nitrogens is 6. The van der Waals surface area contributed by atoms with Gasteiger partial charge in [0.05, 0.1) is 16.3 Å². The summed E-state index contributed by atoms with van der Waals surface area (Å²) in [5, 5.41) is 12.7. The van der Waals surface area contributed by atoms with Crippen molar-refractivity contribution in [3.8, 4) is 21.4 Å². The van der Waals surface area contributed by atoms with Crippen LogP contribution < -0.4 is 0 Å². The SMILES string of the molecule is Cn1nccc1-c1nc(Cc2ccc(Cl)cc2)c(-c2ncn[nH]2)s1. The third kappa shape index (κ3) is 2.83. The van der Waals surface area contributed by atoms with Crippen molar-refractivity contribution >= 4 is 22.9 Å². The molecule has 0 unspecified atom stereocenters. The van der Waals surface area contributed by atoms with Crippen molar-refractivity contribution in [1.29, 1.82) is 0 Å². The van der Waals surface area contributed by atoms with E-state index >= 15 is 0 Å². The molecule has 0 fully saturated rings. The van der Waals surface area contributed by atoms with Gasteiger partial charge in [0.1, 0.15) is 11.3 Å². The summed E-state index contributed by atoms with van der Waals surface area (Å²) < 4.78 is 1.81. The summed E-state index contributed by atoms with van der Waals surface area (Å²) in [7, 11) is 1.91. The first-order valence-electron chi connectivity index (χ1n) is 7.29. The molecule has 1 aromatic carbocycles. The van der Waals surface area contributed by atoms with E-state index in [2.05, 4.69) is 20.3 Å². The Balaban J connectivity index is 1.78. The van der Waals surface area contributed by atoms with Crippen LogP contribution in [0.2, 0.25) is 5.02 Å². The molecule has 0 amide bonds. The highest BCUT2D eigenvalue weighted by atomic mass is 35.5. The molecule has 0 radical (unpaired) electrons. The van der Waals surface area contributed by atoms with Gasteiger partial charge in [0, 0.05) is 24.7 Å². The maximum atomic E-state index is 5.97. The number of nitrogens with one attached hydrogen (secondary N) is 1. The number of halogens is 1. The van der Waals surface area contributed by atoms with E-state index in [4.69, 9.17) is 16.6 Å². The van der Waals surface area contributed by atoms with Gasteiger partial charge in [-0.1, -0.05) is 23.7 Å². The summed E-state index contributed by atoms with van der Waals surface area (Å²) >= 11 is 7.55. The minimum atomic E-state index is 0.696. The van der Waals surface area contributed by atoms with Crippen LogP contribution in [0.3, 0.4) is 0 Å². The fraction of sp³-hybridized carbons (Fsp3) is 0.125. The summed E-state index contributed by atoms with van der Waals surface area (Å²) in [6.45, 7) is 0. The van der Waals surface area contributed by atoms with Crippen LogP contribution in [-0.2, 0) is 13.5 Å². The molecular formula is C16H13ClN6S. The Morgan fingerprint density at radius 2 is 2.04 bits per heavy atom. The van der Waals surface area contributed by atoms with Gasteiger partial charge in [-0.25, -0.2) is 9.97 Å². The van der Waals surface area contributed by atoms with Crippen molar-refractivity contribution in [3.05, 3.63) is 59.1 Å². The Kier molecular flexibility index (Phi) is 3.87. The number of rotatable bonds is 4. The van der Waals surface area contributed by atoms with Crippen molar-refractivity contribution in [2.24, 2.45) is 7.05 Å². The third-order valence-corrected chi connectivity index (χ3v) is 5.03. The van der Waals surface area contributed by atoms with E-state index in [1.807, 2.05) is 42.1 Å². The van der Waals surface area contributed by atoms with E-state index < -0.39 is 0 Å². The largest absolute Gasteiger partial charge is 0.266 e. The summed E-state index contributed by atoms with van der Waals surface area (Å²) in [6.07, 6.45) is 3.97. The van der Waals surface area contributed by atoms with Crippen molar-refractivity contribution < 1.29 is 0 Å².